The molecule has 1 amide bonds. The predicted molar refractivity (Wildman–Crippen MR) is 82.5 cm³/mol. The van der Waals surface area contributed by atoms with E-state index in [1.807, 2.05) is 10.9 Å². The van der Waals surface area contributed by atoms with Gasteiger partial charge in [-0.15, -0.1) is 0 Å². The molecule has 2 heterocycles. The van der Waals surface area contributed by atoms with Crippen LogP contribution in [0, 0.1) is 12.7 Å². The molecule has 116 valence electrons. The second kappa shape index (κ2) is 6.27. The van der Waals surface area contributed by atoms with Crippen LogP contribution in [0.2, 0.25) is 0 Å². The molecule has 3 rings (SSSR count). The fourth-order valence-corrected chi connectivity index (χ4v) is 2.64. The molecular formula is C16H19FN4O. The molecule has 1 aromatic carbocycles. The molecule has 2 aromatic rings. The zero-order chi connectivity index (χ0) is 15.5. The maximum absolute atomic E-state index is 13.2. The molecule has 5 nitrogen and oxygen atoms in total. The Morgan fingerprint density at radius 2 is 2.32 bits per heavy atom. The van der Waals surface area contributed by atoms with Gasteiger partial charge in [0.15, 0.2) is 5.69 Å². The summed E-state index contributed by atoms with van der Waals surface area (Å²) >= 11 is 0. The Balaban J connectivity index is 1.69. The van der Waals surface area contributed by atoms with E-state index in [1.165, 1.54) is 6.07 Å². The number of halogens is 1. The van der Waals surface area contributed by atoms with Gasteiger partial charge in [-0.05, 0) is 56.1 Å². The van der Waals surface area contributed by atoms with E-state index in [-0.39, 0.29) is 11.7 Å². The fourth-order valence-electron chi connectivity index (χ4n) is 2.64. The number of aryl methyl sites for hydroxylation is 1. The monoisotopic (exact) mass is 302 g/mol. The molecule has 6 heteroatoms. The molecule has 0 saturated carbocycles. The van der Waals surface area contributed by atoms with Crippen LogP contribution in [0.3, 0.4) is 0 Å². The molecule has 1 atom stereocenters. The topological polar surface area (TPSA) is 59.0 Å². The Hall–Kier alpha value is -2.21. The van der Waals surface area contributed by atoms with E-state index in [0.29, 0.717) is 23.0 Å². The van der Waals surface area contributed by atoms with Gasteiger partial charge >= 0.3 is 0 Å². The lowest BCUT2D eigenvalue weighted by Crippen LogP contribution is -2.32. The van der Waals surface area contributed by atoms with Crippen LogP contribution < -0.4 is 10.6 Å². The number of hydrogen-bond acceptors (Lipinski definition) is 3. The molecule has 1 aliphatic heterocycles. The third kappa shape index (κ3) is 3.17. The van der Waals surface area contributed by atoms with Crippen molar-refractivity contribution >= 4 is 11.6 Å². The highest BCUT2D eigenvalue weighted by Crippen LogP contribution is 2.17. The van der Waals surface area contributed by atoms with Crippen molar-refractivity contribution in [2.75, 3.05) is 18.4 Å². The molecule has 1 aliphatic rings. The normalized spacial score (nSPS) is 18.2. The van der Waals surface area contributed by atoms with E-state index < -0.39 is 0 Å². The Kier molecular flexibility index (Phi) is 4.20. The molecule has 1 unspecified atom stereocenters. The fraction of sp³-hybridized carbons (Fsp3) is 0.375. The molecule has 1 saturated heterocycles. The molecule has 0 radical (unpaired) electrons. The lowest BCUT2D eigenvalue weighted by Gasteiger charge is -2.22. The number of hydrogen-bond donors (Lipinski definition) is 2. The summed E-state index contributed by atoms with van der Waals surface area (Å²) in [6.45, 7) is 3.57. The van der Waals surface area contributed by atoms with Gasteiger partial charge in [0, 0.05) is 18.4 Å². The van der Waals surface area contributed by atoms with Crippen molar-refractivity contribution in [3.05, 3.63) is 47.5 Å². The van der Waals surface area contributed by atoms with Crippen LogP contribution in [0.15, 0.2) is 30.5 Å². The Bertz CT molecular complexity index is 677. The van der Waals surface area contributed by atoms with Gasteiger partial charge in [0.1, 0.15) is 5.82 Å². The zero-order valence-electron chi connectivity index (χ0n) is 12.5. The largest absolute Gasteiger partial charge is 0.321 e. The molecule has 22 heavy (non-hydrogen) atoms. The number of anilines is 1. The summed E-state index contributed by atoms with van der Waals surface area (Å²) in [6, 6.07) is 6.50. The van der Waals surface area contributed by atoms with Crippen molar-refractivity contribution in [1.82, 2.24) is 15.1 Å². The number of benzene rings is 1. The average Bonchev–Trinajstić information content (AvgIpc) is 3.02. The van der Waals surface area contributed by atoms with Crippen LogP contribution in [0.5, 0.6) is 0 Å². The minimum Gasteiger partial charge on any atom is -0.321 e. The van der Waals surface area contributed by atoms with Crippen LogP contribution in [0.25, 0.3) is 0 Å². The van der Waals surface area contributed by atoms with E-state index in [4.69, 9.17) is 0 Å². The number of nitrogens with zero attached hydrogens (tertiary/aromatic N) is 2. The zero-order valence-corrected chi connectivity index (χ0v) is 12.5. The molecular weight excluding hydrogens is 283 g/mol. The minimum absolute atomic E-state index is 0.284. The van der Waals surface area contributed by atoms with Crippen molar-refractivity contribution in [2.24, 2.45) is 0 Å². The highest BCUT2D eigenvalue weighted by molar-refractivity contribution is 6.02. The van der Waals surface area contributed by atoms with Gasteiger partial charge in [-0.3, -0.25) is 9.48 Å². The Morgan fingerprint density at radius 1 is 1.45 bits per heavy atom. The second-order valence-corrected chi connectivity index (χ2v) is 5.60. The van der Waals surface area contributed by atoms with Crippen LogP contribution in [-0.2, 0) is 0 Å². The van der Waals surface area contributed by atoms with Gasteiger partial charge in [0.25, 0.3) is 5.91 Å². The van der Waals surface area contributed by atoms with Crippen molar-refractivity contribution in [2.45, 2.75) is 25.8 Å². The standard InChI is InChI=1S/C16H19FN4O/c1-11-9-12(4-5-14(11)17)19-16(22)15-6-8-21(20-15)13-3-2-7-18-10-13/h4-6,8-9,13,18H,2-3,7,10H2,1H3,(H,19,22). The van der Waals surface area contributed by atoms with E-state index in [1.54, 1.807) is 25.1 Å². The van der Waals surface area contributed by atoms with Gasteiger partial charge in [-0.1, -0.05) is 0 Å². The van der Waals surface area contributed by atoms with Crippen LogP contribution in [0.1, 0.15) is 34.9 Å². The number of carbonyl (C=O) groups is 1. The summed E-state index contributed by atoms with van der Waals surface area (Å²) in [5.74, 6) is -0.569. The predicted octanol–water partition coefficient (Wildman–Crippen LogP) is 2.51. The molecule has 1 aromatic heterocycles. The van der Waals surface area contributed by atoms with Gasteiger partial charge in [-0.25, -0.2) is 4.39 Å². The average molecular weight is 302 g/mol. The molecule has 0 spiro atoms. The van der Waals surface area contributed by atoms with Crippen LogP contribution in [0.4, 0.5) is 10.1 Å². The molecule has 1 fully saturated rings. The van der Waals surface area contributed by atoms with E-state index in [2.05, 4.69) is 15.7 Å². The van der Waals surface area contributed by atoms with E-state index in [9.17, 15) is 9.18 Å². The highest BCUT2D eigenvalue weighted by Gasteiger charge is 2.17. The lowest BCUT2D eigenvalue weighted by molar-refractivity contribution is 0.102. The quantitative estimate of drug-likeness (QED) is 0.916. The Morgan fingerprint density at radius 3 is 3.05 bits per heavy atom. The van der Waals surface area contributed by atoms with E-state index in [0.717, 1.165) is 25.9 Å². The summed E-state index contributed by atoms with van der Waals surface area (Å²) in [5, 5.41) is 10.4. The third-order valence-corrected chi connectivity index (χ3v) is 3.90. The SMILES string of the molecule is Cc1cc(NC(=O)c2ccn(C3CCCNC3)n2)ccc1F. The van der Waals surface area contributed by atoms with Crippen LogP contribution >= 0.6 is 0 Å². The number of carbonyl (C=O) groups excluding carboxylic acids is 1. The first-order valence-corrected chi connectivity index (χ1v) is 7.47. The first kappa shape index (κ1) is 14.7. The van der Waals surface area contributed by atoms with Crippen molar-refractivity contribution < 1.29 is 9.18 Å². The van der Waals surface area contributed by atoms with Crippen LogP contribution in [-0.4, -0.2) is 28.8 Å². The molecule has 2 N–H and O–H groups in total. The Labute approximate surface area is 128 Å². The summed E-state index contributed by atoms with van der Waals surface area (Å²) in [7, 11) is 0. The van der Waals surface area contributed by atoms with Crippen molar-refractivity contribution in [3.8, 4) is 0 Å². The van der Waals surface area contributed by atoms with Crippen molar-refractivity contribution in [3.63, 3.8) is 0 Å². The number of rotatable bonds is 3. The summed E-state index contributed by atoms with van der Waals surface area (Å²) in [6.07, 6.45) is 4.01. The van der Waals surface area contributed by atoms with Gasteiger partial charge in [0.2, 0.25) is 0 Å². The maximum Gasteiger partial charge on any atom is 0.276 e. The number of amides is 1. The number of piperidine rings is 1. The first-order valence-electron chi connectivity index (χ1n) is 7.47. The van der Waals surface area contributed by atoms with Gasteiger partial charge < -0.3 is 10.6 Å². The lowest BCUT2D eigenvalue weighted by atomic mass is 10.1. The maximum atomic E-state index is 13.2. The number of nitrogens with one attached hydrogen (secondary N) is 2. The second-order valence-electron chi connectivity index (χ2n) is 5.60. The number of aromatic nitrogens is 2. The van der Waals surface area contributed by atoms with Crippen molar-refractivity contribution in [1.29, 1.82) is 0 Å². The summed E-state index contributed by atoms with van der Waals surface area (Å²) < 4.78 is 15.1. The molecule has 0 aliphatic carbocycles. The summed E-state index contributed by atoms with van der Waals surface area (Å²) in [5.41, 5.74) is 1.43. The minimum atomic E-state index is -0.285. The smallest absolute Gasteiger partial charge is 0.276 e. The molecule has 0 bridgehead atoms. The highest BCUT2D eigenvalue weighted by atomic mass is 19.1. The van der Waals surface area contributed by atoms with Gasteiger partial charge in [0.05, 0.1) is 6.04 Å². The van der Waals surface area contributed by atoms with E-state index >= 15 is 0 Å². The summed E-state index contributed by atoms with van der Waals surface area (Å²) in [4.78, 5) is 12.2. The van der Waals surface area contributed by atoms with Gasteiger partial charge in [-0.2, -0.15) is 5.10 Å². The third-order valence-electron chi connectivity index (χ3n) is 3.90. The first-order chi connectivity index (χ1) is 10.6.